The second kappa shape index (κ2) is 9.59. The number of phenols is 1. The van der Waals surface area contributed by atoms with Crippen LogP contribution in [0, 0.1) is 6.57 Å². The highest BCUT2D eigenvalue weighted by molar-refractivity contribution is 6.08. The number of benzene rings is 2. The Morgan fingerprint density at radius 2 is 1.88 bits per heavy atom. The molecular formula is C27H24N2O5. The number of nitrogens with one attached hydrogen (secondary N) is 1. The summed E-state index contributed by atoms with van der Waals surface area (Å²) in [7, 11) is 2.96. The molecule has 34 heavy (non-hydrogen) atoms. The molecule has 1 aromatic heterocycles. The molecule has 0 aliphatic heterocycles. The summed E-state index contributed by atoms with van der Waals surface area (Å²) in [5, 5.41) is 13.1. The first kappa shape index (κ1) is 22.7. The van der Waals surface area contributed by atoms with Crippen molar-refractivity contribution in [3.05, 3.63) is 88.2 Å². The molecule has 0 atom stereocenters. The molecule has 0 bridgehead atoms. The van der Waals surface area contributed by atoms with E-state index in [4.69, 9.17) is 20.5 Å². The number of aromatic hydroxyl groups is 1. The molecule has 7 heteroatoms. The van der Waals surface area contributed by atoms with Crippen molar-refractivity contribution in [3.63, 3.8) is 0 Å². The van der Waals surface area contributed by atoms with Gasteiger partial charge in [-0.25, -0.2) is 4.85 Å². The zero-order valence-corrected chi connectivity index (χ0v) is 19.1. The van der Waals surface area contributed by atoms with Gasteiger partial charge in [-0.05, 0) is 76.7 Å². The van der Waals surface area contributed by atoms with E-state index in [1.54, 1.807) is 36.6 Å². The van der Waals surface area contributed by atoms with Gasteiger partial charge in [0.15, 0.2) is 17.2 Å². The minimum Gasteiger partial charge on any atom is -0.502 e. The third-order valence-corrected chi connectivity index (χ3v) is 5.79. The van der Waals surface area contributed by atoms with Crippen LogP contribution in [0.1, 0.15) is 35.8 Å². The van der Waals surface area contributed by atoms with E-state index in [1.807, 2.05) is 25.1 Å². The van der Waals surface area contributed by atoms with Crippen LogP contribution in [0.15, 0.2) is 58.7 Å². The standard InChI is InChI=1S/C27H24N2O5/c1-16-21(10-17-11-24(32-3)27(31)25(12-17)33-4)20-8-7-18(28-2)13-23(20)22(16)14-26(30)29-15-19-6-5-9-34-19/h5-13,31H,14-15H2,1,3-4H3,(H,29,30)/b21-10-. The average Bonchev–Trinajstić information content (AvgIpc) is 3.46. The molecule has 4 rings (SSSR count). The lowest BCUT2D eigenvalue weighted by Crippen LogP contribution is -2.22. The molecule has 0 radical (unpaired) electrons. The van der Waals surface area contributed by atoms with Crippen LogP contribution in [0.4, 0.5) is 5.69 Å². The Kier molecular flexibility index (Phi) is 6.42. The number of carbonyl (C=O) groups is 1. The number of fused-ring (bicyclic) bond motifs is 1. The summed E-state index contributed by atoms with van der Waals surface area (Å²) in [5.74, 6) is 1.07. The highest BCUT2D eigenvalue weighted by Crippen LogP contribution is 2.46. The van der Waals surface area contributed by atoms with Crippen LogP contribution in [0.2, 0.25) is 0 Å². The Balaban J connectivity index is 1.73. The normalized spacial score (nSPS) is 13.5. The van der Waals surface area contributed by atoms with Crippen molar-refractivity contribution in [1.29, 1.82) is 0 Å². The van der Waals surface area contributed by atoms with Crippen molar-refractivity contribution in [2.75, 3.05) is 14.2 Å². The number of rotatable bonds is 7. The van der Waals surface area contributed by atoms with Gasteiger partial charge in [0.1, 0.15) is 5.76 Å². The third kappa shape index (κ3) is 4.39. The largest absolute Gasteiger partial charge is 0.502 e. The fourth-order valence-corrected chi connectivity index (χ4v) is 4.05. The molecule has 0 fully saturated rings. The topological polar surface area (TPSA) is 85.3 Å². The Labute approximate surface area is 197 Å². The maximum atomic E-state index is 12.7. The van der Waals surface area contributed by atoms with E-state index >= 15 is 0 Å². The predicted molar refractivity (Wildman–Crippen MR) is 130 cm³/mol. The summed E-state index contributed by atoms with van der Waals surface area (Å²) >= 11 is 0. The molecule has 2 aromatic carbocycles. The second-order valence-corrected chi connectivity index (χ2v) is 7.81. The molecule has 0 unspecified atom stereocenters. The summed E-state index contributed by atoms with van der Waals surface area (Å²) in [5.41, 5.74) is 5.81. The number of methoxy groups -OCH3 is 2. The van der Waals surface area contributed by atoms with Gasteiger partial charge in [-0.15, -0.1) is 0 Å². The van der Waals surface area contributed by atoms with E-state index in [-0.39, 0.29) is 18.1 Å². The molecule has 3 aromatic rings. The zero-order valence-electron chi connectivity index (χ0n) is 19.1. The minimum atomic E-state index is -0.140. The Bertz CT molecular complexity index is 1320. The SMILES string of the molecule is [C-]#[N+]c1ccc2c(c1)C(CC(=O)NCc1ccco1)=C(C)/C2=C/c1cc(OC)c(O)c(OC)c1. The van der Waals surface area contributed by atoms with Crippen LogP contribution in [0.3, 0.4) is 0 Å². The summed E-state index contributed by atoms with van der Waals surface area (Å²) in [6.07, 6.45) is 3.70. The van der Waals surface area contributed by atoms with Crippen molar-refractivity contribution < 1.29 is 23.8 Å². The van der Waals surface area contributed by atoms with Crippen molar-refractivity contribution >= 4 is 28.8 Å². The first-order valence-electron chi connectivity index (χ1n) is 10.6. The molecule has 0 saturated carbocycles. The maximum Gasteiger partial charge on any atom is 0.224 e. The van der Waals surface area contributed by atoms with E-state index in [1.165, 1.54) is 14.2 Å². The van der Waals surface area contributed by atoms with Crippen molar-refractivity contribution in [2.24, 2.45) is 0 Å². The van der Waals surface area contributed by atoms with Gasteiger partial charge in [0.2, 0.25) is 11.7 Å². The van der Waals surface area contributed by atoms with Gasteiger partial charge in [-0.1, -0.05) is 12.1 Å². The fraction of sp³-hybridized carbons (Fsp3) is 0.185. The van der Waals surface area contributed by atoms with Crippen LogP contribution in [0.5, 0.6) is 17.2 Å². The highest BCUT2D eigenvalue weighted by atomic mass is 16.5. The number of phenolic OH excluding ortho intramolecular Hbond substituents is 1. The lowest BCUT2D eigenvalue weighted by Gasteiger charge is -2.11. The van der Waals surface area contributed by atoms with Crippen LogP contribution in [0.25, 0.3) is 22.1 Å². The van der Waals surface area contributed by atoms with Gasteiger partial charge in [-0.2, -0.15) is 0 Å². The van der Waals surface area contributed by atoms with Crippen molar-refractivity contribution in [3.8, 4) is 17.2 Å². The fourth-order valence-electron chi connectivity index (χ4n) is 4.05. The molecule has 0 saturated heterocycles. The van der Waals surface area contributed by atoms with E-state index < -0.39 is 0 Å². The summed E-state index contributed by atoms with van der Waals surface area (Å²) in [6, 6.07) is 12.5. The summed E-state index contributed by atoms with van der Waals surface area (Å²) < 4.78 is 15.9. The number of allylic oxidation sites excluding steroid dienone is 2. The van der Waals surface area contributed by atoms with Gasteiger partial charge in [-0.3, -0.25) is 4.79 Å². The number of nitrogens with zero attached hydrogens (tertiary/aromatic N) is 1. The number of ether oxygens (including phenoxy) is 2. The molecule has 1 heterocycles. The average molecular weight is 456 g/mol. The number of hydrogen-bond donors (Lipinski definition) is 2. The van der Waals surface area contributed by atoms with Gasteiger partial charge in [0.05, 0.1) is 40.0 Å². The molecule has 172 valence electrons. The van der Waals surface area contributed by atoms with Gasteiger partial charge >= 0.3 is 0 Å². The zero-order chi connectivity index (χ0) is 24.2. The van der Waals surface area contributed by atoms with E-state index in [0.717, 1.165) is 33.4 Å². The number of hydrogen-bond acceptors (Lipinski definition) is 5. The Hall–Kier alpha value is -4.44. The van der Waals surface area contributed by atoms with E-state index in [9.17, 15) is 9.90 Å². The quantitative estimate of drug-likeness (QED) is 0.453. The van der Waals surface area contributed by atoms with Gasteiger partial charge in [0, 0.05) is 0 Å². The number of furan rings is 1. The third-order valence-electron chi connectivity index (χ3n) is 5.79. The van der Waals surface area contributed by atoms with Gasteiger partial charge < -0.3 is 24.3 Å². The number of carbonyl (C=O) groups excluding carboxylic acids is 1. The molecule has 2 N–H and O–H groups in total. The Morgan fingerprint density at radius 1 is 1.15 bits per heavy atom. The minimum absolute atomic E-state index is 0.0677. The van der Waals surface area contributed by atoms with Crippen molar-refractivity contribution in [2.45, 2.75) is 19.9 Å². The molecule has 1 amide bonds. The van der Waals surface area contributed by atoms with E-state index in [2.05, 4.69) is 10.2 Å². The Morgan fingerprint density at radius 3 is 2.50 bits per heavy atom. The predicted octanol–water partition coefficient (Wildman–Crippen LogP) is 5.59. The number of amides is 1. The van der Waals surface area contributed by atoms with Crippen LogP contribution >= 0.6 is 0 Å². The van der Waals surface area contributed by atoms with Crippen LogP contribution < -0.4 is 14.8 Å². The molecule has 0 spiro atoms. The molecule has 7 nitrogen and oxygen atoms in total. The summed E-state index contributed by atoms with van der Waals surface area (Å²) in [6.45, 7) is 9.68. The second-order valence-electron chi connectivity index (χ2n) is 7.81. The monoisotopic (exact) mass is 456 g/mol. The van der Waals surface area contributed by atoms with Gasteiger partial charge in [0.25, 0.3) is 0 Å². The van der Waals surface area contributed by atoms with Crippen molar-refractivity contribution in [1.82, 2.24) is 5.32 Å². The first-order valence-corrected chi connectivity index (χ1v) is 10.6. The smallest absolute Gasteiger partial charge is 0.224 e. The lowest BCUT2D eigenvalue weighted by atomic mass is 10.00. The van der Waals surface area contributed by atoms with Crippen LogP contribution in [-0.2, 0) is 11.3 Å². The molecule has 1 aliphatic rings. The highest BCUT2D eigenvalue weighted by Gasteiger charge is 2.26. The summed E-state index contributed by atoms with van der Waals surface area (Å²) in [4.78, 5) is 16.3. The molecular weight excluding hydrogens is 432 g/mol. The molecule has 1 aliphatic carbocycles. The maximum absolute atomic E-state index is 12.7. The first-order chi connectivity index (χ1) is 16.4. The van der Waals surface area contributed by atoms with Crippen LogP contribution in [-0.4, -0.2) is 25.2 Å². The van der Waals surface area contributed by atoms with E-state index in [0.29, 0.717) is 29.5 Å². The lowest BCUT2D eigenvalue weighted by molar-refractivity contribution is -0.120.